The number of rotatable bonds is 6. The number of fused-ring (bicyclic) bond motifs is 1. The first-order chi connectivity index (χ1) is 17.4. The molecule has 3 aromatic rings. The number of imidazole rings is 1. The molecule has 0 unspecified atom stereocenters. The smallest absolute Gasteiger partial charge is 0.217 e. The SMILES string of the molecule is CC(=O)NC1CCC(n2c(Nc3ccc(F)cc3F)nc3cnc(CC4CCC(O)CC4)nc32)CC1. The zero-order valence-corrected chi connectivity index (χ0v) is 20.4. The number of nitrogens with one attached hydrogen (secondary N) is 2. The van der Waals surface area contributed by atoms with Gasteiger partial charge in [-0.2, -0.15) is 0 Å². The molecule has 2 aliphatic rings. The molecule has 3 N–H and O–H groups in total. The molecule has 2 fully saturated rings. The van der Waals surface area contributed by atoms with Crippen LogP contribution in [0.3, 0.4) is 0 Å². The minimum atomic E-state index is -0.700. The highest BCUT2D eigenvalue weighted by atomic mass is 19.1. The molecule has 10 heteroatoms. The molecule has 2 aromatic heterocycles. The van der Waals surface area contributed by atoms with Gasteiger partial charge in [0.05, 0.1) is 18.0 Å². The second kappa shape index (κ2) is 10.5. The maximum absolute atomic E-state index is 14.5. The summed E-state index contributed by atoms with van der Waals surface area (Å²) in [7, 11) is 0. The van der Waals surface area contributed by atoms with Crippen LogP contribution < -0.4 is 10.6 Å². The van der Waals surface area contributed by atoms with E-state index in [1.165, 1.54) is 19.1 Å². The lowest BCUT2D eigenvalue weighted by Gasteiger charge is -2.30. The molecule has 5 rings (SSSR count). The molecule has 0 aliphatic heterocycles. The van der Waals surface area contributed by atoms with Crippen molar-refractivity contribution in [1.82, 2.24) is 24.8 Å². The Morgan fingerprint density at radius 2 is 1.83 bits per heavy atom. The van der Waals surface area contributed by atoms with Crippen LogP contribution >= 0.6 is 0 Å². The van der Waals surface area contributed by atoms with Gasteiger partial charge in [-0.25, -0.2) is 23.7 Å². The molecule has 2 saturated carbocycles. The number of benzene rings is 1. The van der Waals surface area contributed by atoms with E-state index < -0.39 is 11.6 Å². The van der Waals surface area contributed by atoms with Gasteiger partial charge in [-0.1, -0.05) is 0 Å². The Balaban J connectivity index is 1.46. The Bertz CT molecular complexity index is 1230. The summed E-state index contributed by atoms with van der Waals surface area (Å²) in [4.78, 5) is 25.6. The average Bonchev–Trinajstić information content (AvgIpc) is 3.20. The van der Waals surface area contributed by atoms with Gasteiger partial charge in [0, 0.05) is 31.5 Å². The molecular weight excluding hydrogens is 466 g/mol. The van der Waals surface area contributed by atoms with Crippen molar-refractivity contribution in [2.24, 2.45) is 5.92 Å². The van der Waals surface area contributed by atoms with Crippen molar-refractivity contribution in [3.63, 3.8) is 0 Å². The largest absolute Gasteiger partial charge is 0.393 e. The normalized spacial score (nSPS) is 24.6. The third-order valence-electron chi connectivity index (χ3n) is 7.42. The second-order valence-corrected chi connectivity index (χ2v) is 10.1. The lowest BCUT2D eigenvalue weighted by Crippen LogP contribution is -2.36. The third-order valence-corrected chi connectivity index (χ3v) is 7.42. The number of carbonyl (C=O) groups excluding carboxylic acids is 1. The number of anilines is 2. The highest BCUT2D eigenvalue weighted by Crippen LogP contribution is 2.35. The number of aliphatic hydroxyl groups excluding tert-OH is 1. The van der Waals surface area contributed by atoms with Gasteiger partial charge in [-0.05, 0) is 69.4 Å². The number of hydrogen-bond acceptors (Lipinski definition) is 6. The van der Waals surface area contributed by atoms with Crippen LogP contribution in [0.4, 0.5) is 20.4 Å². The molecule has 0 saturated heterocycles. The highest BCUT2D eigenvalue weighted by molar-refractivity contribution is 5.76. The van der Waals surface area contributed by atoms with Crippen molar-refractivity contribution < 1.29 is 18.7 Å². The summed E-state index contributed by atoms with van der Waals surface area (Å²) in [5.74, 6) is 0.222. The maximum atomic E-state index is 14.5. The summed E-state index contributed by atoms with van der Waals surface area (Å²) in [6.07, 6.45) is 8.98. The van der Waals surface area contributed by atoms with Gasteiger partial charge in [-0.3, -0.25) is 9.36 Å². The van der Waals surface area contributed by atoms with E-state index in [0.717, 1.165) is 69.7 Å². The van der Waals surface area contributed by atoms with Crippen LogP contribution in [0.2, 0.25) is 0 Å². The molecule has 2 aliphatic carbocycles. The molecule has 1 aromatic carbocycles. The maximum Gasteiger partial charge on any atom is 0.217 e. The summed E-state index contributed by atoms with van der Waals surface area (Å²) >= 11 is 0. The first kappa shape index (κ1) is 24.5. The predicted octanol–water partition coefficient (Wildman–Crippen LogP) is 4.56. The Morgan fingerprint density at radius 1 is 1.08 bits per heavy atom. The number of amides is 1. The van der Waals surface area contributed by atoms with Crippen LogP contribution in [0.15, 0.2) is 24.4 Å². The molecule has 1 amide bonds. The molecular formula is C26H32F2N6O2. The van der Waals surface area contributed by atoms with Crippen molar-refractivity contribution in [2.45, 2.75) is 82.9 Å². The van der Waals surface area contributed by atoms with E-state index in [4.69, 9.17) is 4.98 Å². The number of aromatic nitrogens is 4. The topological polar surface area (TPSA) is 105 Å². The van der Waals surface area contributed by atoms with E-state index in [-0.39, 0.29) is 29.8 Å². The Kier molecular flexibility index (Phi) is 7.13. The van der Waals surface area contributed by atoms with E-state index in [2.05, 4.69) is 20.6 Å². The van der Waals surface area contributed by atoms with Crippen molar-refractivity contribution in [2.75, 3.05) is 5.32 Å². The molecule has 192 valence electrons. The minimum absolute atomic E-state index is 0.0340. The van der Waals surface area contributed by atoms with Crippen molar-refractivity contribution >= 4 is 28.7 Å². The van der Waals surface area contributed by atoms with Crippen molar-refractivity contribution in [3.8, 4) is 0 Å². The van der Waals surface area contributed by atoms with E-state index >= 15 is 0 Å². The summed E-state index contributed by atoms with van der Waals surface area (Å²) in [5, 5.41) is 15.9. The van der Waals surface area contributed by atoms with Gasteiger partial charge in [0.2, 0.25) is 11.9 Å². The average molecular weight is 499 g/mol. The molecule has 8 nitrogen and oxygen atoms in total. The summed E-state index contributed by atoms with van der Waals surface area (Å²) in [5.41, 5.74) is 1.42. The van der Waals surface area contributed by atoms with E-state index in [1.54, 1.807) is 6.20 Å². The van der Waals surface area contributed by atoms with Gasteiger partial charge in [0.1, 0.15) is 23.0 Å². The number of carbonyl (C=O) groups is 1. The number of aliphatic hydroxyl groups is 1. The molecule has 0 radical (unpaired) electrons. The van der Waals surface area contributed by atoms with Crippen molar-refractivity contribution in [3.05, 3.63) is 41.9 Å². The zero-order chi connectivity index (χ0) is 25.2. The molecule has 36 heavy (non-hydrogen) atoms. The van der Waals surface area contributed by atoms with Crippen LogP contribution in [0.25, 0.3) is 11.2 Å². The summed E-state index contributed by atoms with van der Waals surface area (Å²) < 4.78 is 29.9. The highest BCUT2D eigenvalue weighted by Gasteiger charge is 2.28. The van der Waals surface area contributed by atoms with Crippen molar-refractivity contribution in [1.29, 1.82) is 0 Å². The molecule has 0 bridgehead atoms. The van der Waals surface area contributed by atoms with Crippen LogP contribution in [-0.4, -0.2) is 42.7 Å². The second-order valence-electron chi connectivity index (χ2n) is 10.1. The first-order valence-electron chi connectivity index (χ1n) is 12.8. The Hall–Kier alpha value is -3.14. The molecule has 0 atom stereocenters. The predicted molar refractivity (Wildman–Crippen MR) is 132 cm³/mol. The van der Waals surface area contributed by atoms with E-state index in [1.807, 2.05) is 4.57 Å². The number of halogens is 2. The Labute approximate surface area is 208 Å². The van der Waals surface area contributed by atoms with Crippen LogP contribution in [0, 0.1) is 17.6 Å². The number of nitrogens with zero attached hydrogens (tertiary/aromatic N) is 4. The molecule has 2 heterocycles. The summed E-state index contributed by atoms with van der Waals surface area (Å²) in [6.45, 7) is 1.53. The number of hydrogen-bond donors (Lipinski definition) is 3. The monoisotopic (exact) mass is 498 g/mol. The fourth-order valence-corrected chi connectivity index (χ4v) is 5.54. The van der Waals surface area contributed by atoms with Crippen LogP contribution in [0.5, 0.6) is 0 Å². The lowest BCUT2D eigenvalue weighted by atomic mass is 9.85. The fourth-order valence-electron chi connectivity index (χ4n) is 5.54. The van der Waals surface area contributed by atoms with E-state index in [0.29, 0.717) is 23.0 Å². The fraction of sp³-hybridized carbons (Fsp3) is 0.538. The molecule has 0 spiro atoms. The van der Waals surface area contributed by atoms with Gasteiger partial charge in [0.15, 0.2) is 5.65 Å². The first-order valence-corrected chi connectivity index (χ1v) is 12.8. The third kappa shape index (κ3) is 5.48. The van der Waals surface area contributed by atoms with Gasteiger partial charge in [-0.15, -0.1) is 0 Å². The zero-order valence-electron chi connectivity index (χ0n) is 20.4. The standard InChI is InChI=1S/C26H32F2N6O2/c1-15(35)30-18-5-7-19(8-6-18)34-25-23(32-26(34)31-22-11-4-17(27)13-21(22)28)14-29-24(33-25)12-16-2-9-20(36)10-3-16/h4,11,13-14,16,18-20,36H,2-3,5-10,12H2,1H3,(H,30,35)(H,31,32). The van der Waals surface area contributed by atoms with Crippen LogP contribution in [0.1, 0.15) is 70.2 Å². The van der Waals surface area contributed by atoms with Gasteiger partial charge in [0.25, 0.3) is 0 Å². The minimum Gasteiger partial charge on any atom is -0.393 e. The summed E-state index contributed by atoms with van der Waals surface area (Å²) in [6, 6.07) is 3.59. The lowest BCUT2D eigenvalue weighted by molar-refractivity contribution is -0.119. The van der Waals surface area contributed by atoms with Crippen LogP contribution in [-0.2, 0) is 11.2 Å². The Morgan fingerprint density at radius 3 is 2.53 bits per heavy atom. The quantitative estimate of drug-likeness (QED) is 0.460. The van der Waals surface area contributed by atoms with E-state index in [9.17, 15) is 18.7 Å². The van der Waals surface area contributed by atoms with Gasteiger partial charge >= 0.3 is 0 Å². The van der Waals surface area contributed by atoms with Gasteiger partial charge < -0.3 is 15.7 Å².